The SMILES string of the molecule is O=C(C=CN1CCOCC1)c1ccc(-c2ccccc2)cc1. The highest BCUT2D eigenvalue weighted by Gasteiger charge is 2.07. The predicted molar refractivity (Wildman–Crippen MR) is 87.7 cm³/mol. The second-order valence-electron chi connectivity index (χ2n) is 5.27. The fourth-order valence-electron chi connectivity index (χ4n) is 2.45. The number of hydrogen-bond acceptors (Lipinski definition) is 3. The van der Waals surface area contributed by atoms with Crippen molar-refractivity contribution < 1.29 is 9.53 Å². The highest BCUT2D eigenvalue weighted by molar-refractivity contribution is 6.04. The molecule has 0 atom stereocenters. The fourth-order valence-corrected chi connectivity index (χ4v) is 2.45. The second-order valence-corrected chi connectivity index (χ2v) is 5.27. The van der Waals surface area contributed by atoms with Crippen molar-refractivity contribution in [3.63, 3.8) is 0 Å². The monoisotopic (exact) mass is 293 g/mol. The minimum Gasteiger partial charge on any atom is -0.378 e. The molecular weight excluding hydrogens is 274 g/mol. The zero-order valence-electron chi connectivity index (χ0n) is 12.4. The van der Waals surface area contributed by atoms with Crippen LogP contribution in [0.4, 0.5) is 0 Å². The van der Waals surface area contributed by atoms with E-state index in [1.807, 2.05) is 48.7 Å². The lowest BCUT2D eigenvalue weighted by molar-refractivity contribution is 0.0591. The van der Waals surface area contributed by atoms with Crippen molar-refractivity contribution in [2.45, 2.75) is 0 Å². The van der Waals surface area contributed by atoms with Crippen molar-refractivity contribution >= 4 is 5.78 Å². The van der Waals surface area contributed by atoms with Gasteiger partial charge >= 0.3 is 0 Å². The first kappa shape index (κ1) is 14.5. The molecular formula is C19H19NO2. The first-order chi connectivity index (χ1) is 10.8. The first-order valence-electron chi connectivity index (χ1n) is 7.53. The normalized spacial score (nSPS) is 15.2. The van der Waals surface area contributed by atoms with Crippen LogP contribution >= 0.6 is 0 Å². The van der Waals surface area contributed by atoms with Gasteiger partial charge in [-0.15, -0.1) is 0 Å². The van der Waals surface area contributed by atoms with Crippen LogP contribution in [0.15, 0.2) is 66.9 Å². The van der Waals surface area contributed by atoms with Crippen LogP contribution < -0.4 is 0 Å². The largest absolute Gasteiger partial charge is 0.378 e. The second kappa shape index (κ2) is 7.05. The number of nitrogens with zero attached hydrogens (tertiary/aromatic N) is 1. The van der Waals surface area contributed by atoms with Crippen LogP contribution in [-0.4, -0.2) is 37.0 Å². The molecule has 0 radical (unpaired) electrons. The molecule has 0 aliphatic carbocycles. The van der Waals surface area contributed by atoms with Gasteiger partial charge in [-0.3, -0.25) is 4.79 Å². The average Bonchev–Trinajstić information content (AvgIpc) is 2.61. The van der Waals surface area contributed by atoms with Gasteiger partial charge in [-0.25, -0.2) is 0 Å². The lowest BCUT2D eigenvalue weighted by Gasteiger charge is -2.24. The van der Waals surface area contributed by atoms with Crippen molar-refractivity contribution in [1.29, 1.82) is 0 Å². The summed E-state index contributed by atoms with van der Waals surface area (Å²) in [5.74, 6) is 0.0334. The van der Waals surface area contributed by atoms with E-state index in [9.17, 15) is 4.79 Å². The number of morpholine rings is 1. The van der Waals surface area contributed by atoms with E-state index in [0.717, 1.165) is 37.4 Å². The highest BCUT2D eigenvalue weighted by Crippen LogP contribution is 2.19. The van der Waals surface area contributed by atoms with Crippen LogP contribution in [-0.2, 0) is 4.74 Å². The van der Waals surface area contributed by atoms with Gasteiger partial charge in [0, 0.05) is 30.9 Å². The van der Waals surface area contributed by atoms with Gasteiger partial charge < -0.3 is 9.64 Å². The van der Waals surface area contributed by atoms with E-state index in [-0.39, 0.29) is 5.78 Å². The number of carbonyl (C=O) groups is 1. The first-order valence-corrected chi connectivity index (χ1v) is 7.53. The molecule has 1 aliphatic rings. The molecule has 22 heavy (non-hydrogen) atoms. The highest BCUT2D eigenvalue weighted by atomic mass is 16.5. The maximum Gasteiger partial charge on any atom is 0.187 e. The third-order valence-electron chi connectivity index (χ3n) is 3.76. The summed E-state index contributed by atoms with van der Waals surface area (Å²) in [7, 11) is 0. The summed E-state index contributed by atoms with van der Waals surface area (Å²) < 4.78 is 5.29. The average molecular weight is 293 g/mol. The van der Waals surface area contributed by atoms with Crippen molar-refractivity contribution in [3.8, 4) is 11.1 Å². The van der Waals surface area contributed by atoms with Gasteiger partial charge in [-0.2, -0.15) is 0 Å². The molecule has 0 unspecified atom stereocenters. The number of rotatable bonds is 4. The number of benzene rings is 2. The predicted octanol–water partition coefficient (Wildman–Crippen LogP) is 3.38. The summed E-state index contributed by atoms with van der Waals surface area (Å²) in [5.41, 5.74) is 2.99. The molecule has 0 spiro atoms. The Bertz CT molecular complexity index is 641. The standard InChI is InChI=1S/C19H19NO2/c21-19(10-11-20-12-14-22-15-13-20)18-8-6-17(7-9-18)16-4-2-1-3-5-16/h1-11H,12-15H2. The van der Waals surface area contributed by atoms with E-state index < -0.39 is 0 Å². The van der Waals surface area contributed by atoms with Crippen LogP contribution in [0.1, 0.15) is 10.4 Å². The van der Waals surface area contributed by atoms with Gasteiger partial charge in [0.15, 0.2) is 5.78 Å². The molecule has 1 fully saturated rings. The molecule has 3 rings (SSSR count). The molecule has 3 nitrogen and oxygen atoms in total. The summed E-state index contributed by atoms with van der Waals surface area (Å²) in [4.78, 5) is 14.3. The molecule has 0 aromatic heterocycles. The Morgan fingerprint density at radius 2 is 1.55 bits per heavy atom. The summed E-state index contributed by atoms with van der Waals surface area (Å²) in [5, 5.41) is 0. The van der Waals surface area contributed by atoms with E-state index in [1.54, 1.807) is 6.08 Å². The molecule has 0 amide bonds. The summed E-state index contributed by atoms with van der Waals surface area (Å²) in [6.45, 7) is 3.14. The molecule has 1 saturated heterocycles. The van der Waals surface area contributed by atoms with Gasteiger partial charge in [0.2, 0.25) is 0 Å². The van der Waals surface area contributed by atoms with Crippen LogP contribution in [0.2, 0.25) is 0 Å². The molecule has 1 aliphatic heterocycles. The molecule has 1 heterocycles. The zero-order chi connectivity index (χ0) is 15.2. The summed E-state index contributed by atoms with van der Waals surface area (Å²) in [6, 6.07) is 17.9. The quantitative estimate of drug-likeness (QED) is 0.639. The number of hydrogen-bond donors (Lipinski definition) is 0. The lowest BCUT2D eigenvalue weighted by atomic mass is 10.0. The van der Waals surface area contributed by atoms with Crippen LogP contribution in [0.5, 0.6) is 0 Å². The zero-order valence-corrected chi connectivity index (χ0v) is 12.4. The van der Waals surface area contributed by atoms with Gasteiger partial charge in [0.25, 0.3) is 0 Å². The topological polar surface area (TPSA) is 29.5 Å². The molecule has 2 aromatic rings. The molecule has 0 N–H and O–H groups in total. The summed E-state index contributed by atoms with van der Waals surface area (Å²) in [6.07, 6.45) is 3.51. The van der Waals surface area contributed by atoms with E-state index in [4.69, 9.17) is 4.74 Å². The Kier molecular flexibility index (Phi) is 4.66. The maximum absolute atomic E-state index is 12.2. The minimum atomic E-state index is 0.0334. The number of carbonyl (C=O) groups excluding carboxylic acids is 1. The van der Waals surface area contributed by atoms with Gasteiger partial charge in [0.05, 0.1) is 13.2 Å². The molecule has 2 aromatic carbocycles. The Morgan fingerprint density at radius 1 is 0.909 bits per heavy atom. The third kappa shape index (κ3) is 3.62. The van der Waals surface area contributed by atoms with Crippen LogP contribution in [0, 0.1) is 0 Å². The lowest BCUT2D eigenvalue weighted by Crippen LogP contribution is -2.32. The Hall–Kier alpha value is -2.39. The minimum absolute atomic E-state index is 0.0334. The summed E-state index contributed by atoms with van der Waals surface area (Å²) >= 11 is 0. The Morgan fingerprint density at radius 3 is 2.23 bits per heavy atom. The number of allylic oxidation sites excluding steroid dienone is 1. The number of ether oxygens (including phenoxy) is 1. The molecule has 0 bridgehead atoms. The maximum atomic E-state index is 12.2. The van der Waals surface area contributed by atoms with E-state index in [0.29, 0.717) is 5.56 Å². The fraction of sp³-hybridized carbons (Fsp3) is 0.211. The van der Waals surface area contributed by atoms with Gasteiger partial charge in [-0.1, -0.05) is 54.6 Å². The van der Waals surface area contributed by atoms with E-state index >= 15 is 0 Å². The smallest absolute Gasteiger partial charge is 0.187 e. The van der Waals surface area contributed by atoms with Gasteiger partial charge in [-0.05, 0) is 11.1 Å². The molecule has 3 heteroatoms. The Balaban J connectivity index is 1.67. The third-order valence-corrected chi connectivity index (χ3v) is 3.76. The van der Waals surface area contributed by atoms with Crippen molar-refractivity contribution in [2.75, 3.05) is 26.3 Å². The van der Waals surface area contributed by atoms with Crippen molar-refractivity contribution in [2.24, 2.45) is 0 Å². The van der Waals surface area contributed by atoms with Crippen LogP contribution in [0.25, 0.3) is 11.1 Å². The van der Waals surface area contributed by atoms with Crippen molar-refractivity contribution in [3.05, 3.63) is 72.4 Å². The molecule has 112 valence electrons. The van der Waals surface area contributed by atoms with E-state index in [2.05, 4.69) is 17.0 Å². The number of ketones is 1. The van der Waals surface area contributed by atoms with E-state index in [1.165, 1.54) is 0 Å². The Labute approximate surface area is 130 Å². The van der Waals surface area contributed by atoms with Crippen LogP contribution in [0.3, 0.4) is 0 Å². The van der Waals surface area contributed by atoms with Crippen molar-refractivity contribution in [1.82, 2.24) is 4.90 Å². The van der Waals surface area contributed by atoms with Gasteiger partial charge in [0.1, 0.15) is 0 Å². The molecule has 0 saturated carbocycles.